The number of carbonyl (C=O) groups is 5. The van der Waals surface area contributed by atoms with Gasteiger partial charge >= 0.3 is 24.3 Å². The summed E-state index contributed by atoms with van der Waals surface area (Å²) in [7, 11) is 0. The molecule has 2 aromatic rings. The van der Waals surface area contributed by atoms with Gasteiger partial charge in [-0.15, -0.1) is 0 Å². The first-order valence-electron chi connectivity index (χ1n) is 22.2. The molecule has 0 aliphatic carbocycles. The van der Waals surface area contributed by atoms with Crippen molar-refractivity contribution in [1.29, 1.82) is 0 Å². The van der Waals surface area contributed by atoms with E-state index in [4.69, 9.17) is 26.8 Å². The van der Waals surface area contributed by atoms with E-state index in [0.29, 0.717) is 84.2 Å². The highest BCUT2D eigenvalue weighted by molar-refractivity contribution is 6.33. The SMILES string of the molecule is Nc1c(Cl)cc(C[C@@H](OC(=O)N2CCC(N3CCc4ccccc4NC3=O)CC2)C(=O)N2CCC(N3CCN(CC(=O)OCCCN4CCCCC4=O)CC3)CC2)cc1C(F)(F)F. The van der Waals surface area contributed by atoms with Crippen LogP contribution in [0.4, 0.5) is 34.1 Å². The number of hydrogen-bond donors (Lipinski definition) is 2. The number of rotatable bonds is 12. The lowest BCUT2D eigenvalue weighted by atomic mass is 9.99. The monoisotopic (exact) mass is 902 g/mol. The fourth-order valence-electron chi connectivity index (χ4n) is 9.42. The lowest BCUT2D eigenvalue weighted by molar-refractivity contribution is -0.145. The van der Waals surface area contributed by atoms with Crippen LogP contribution in [-0.2, 0) is 42.9 Å². The third-order valence-corrected chi connectivity index (χ3v) is 13.4. The minimum absolute atomic E-state index is 0.0464. The highest BCUT2D eigenvalue weighted by Gasteiger charge is 2.39. The van der Waals surface area contributed by atoms with Crippen molar-refractivity contribution in [2.75, 3.05) is 96.2 Å². The van der Waals surface area contributed by atoms with Gasteiger partial charge in [-0.3, -0.25) is 24.2 Å². The highest BCUT2D eigenvalue weighted by Crippen LogP contribution is 2.38. The first-order chi connectivity index (χ1) is 30.2. The van der Waals surface area contributed by atoms with Gasteiger partial charge in [0.25, 0.3) is 5.91 Å². The second-order valence-electron chi connectivity index (χ2n) is 17.1. The first kappa shape index (κ1) is 46.2. The fraction of sp³-hybridized carbons (Fsp3) is 0.614. The fourth-order valence-corrected chi connectivity index (χ4v) is 9.67. The smallest absolute Gasteiger partial charge is 0.418 e. The highest BCUT2D eigenvalue weighted by atomic mass is 35.5. The molecule has 0 spiro atoms. The van der Waals surface area contributed by atoms with Crippen LogP contribution < -0.4 is 11.1 Å². The van der Waals surface area contributed by atoms with Gasteiger partial charge in [-0.25, -0.2) is 9.59 Å². The molecule has 344 valence electrons. The minimum Gasteiger partial charge on any atom is -0.465 e. The summed E-state index contributed by atoms with van der Waals surface area (Å²) in [6, 6.07) is 9.61. The van der Waals surface area contributed by atoms with Gasteiger partial charge in [-0.1, -0.05) is 29.8 Å². The molecular formula is C44H58ClF3N8O7. The summed E-state index contributed by atoms with van der Waals surface area (Å²) in [5.74, 6) is -0.634. The summed E-state index contributed by atoms with van der Waals surface area (Å²) < 4.78 is 53.2. The van der Waals surface area contributed by atoms with Crippen molar-refractivity contribution in [3.63, 3.8) is 0 Å². The third kappa shape index (κ3) is 11.9. The first-order valence-corrected chi connectivity index (χ1v) is 22.6. The number of hydrogen-bond acceptors (Lipinski definition) is 10. The van der Waals surface area contributed by atoms with E-state index in [9.17, 15) is 37.1 Å². The van der Waals surface area contributed by atoms with Crippen molar-refractivity contribution in [2.45, 2.75) is 88.6 Å². The maximum atomic E-state index is 14.2. The number of esters is 1. The second-order valence-corrected chi connectivity index (χ2v) is 17.5. The number of carbonyl (C=O) groups excluding carboxylic acids is 5. The number of alkyl halides is 3. The molecule has 5 heterocycles. The lowest BCUT2D eigenvalue weighted by Gasteiger charge is -2.43. The van der Waals surface area contributed by atoms with E-state index >= 15 is 0 Å². The van der Waals surface area contributed by atoms with Crippen molar-refractivity contribution >= 4 is 52.9 Å². The van der Waals surface area contributed by atoms with Crippen LogP contribution in [0.1, 0.15) is 68.1 Å². The molecule has 5 aliphatic heterocycles. The maximum absolute atomic E-state index is 14.2. The molecule has 4 saturated heterocycles. The molecule has 4 fully saturated rings. The van der Waals surface area contributed by atoms with Gasteiger partial charge in [0.2, 0.25) is 5.91 Å². The van der Waals surface area contributed by atoms with E-state index in [1.807, 2.05) is 29.2 Å². The number of nitrogens with one attached hydrogen (secondary N) is 1. The molecule has 1 atom stereocenters. The molecule has 63 heavy (non-hydrogen) atoms. The number of urea groups is 1. The average molecular weight is 903 g/mol. The topological polar surface area (TPSA) is 161 Å². The molecule has 0 radical (unpaired) electrons. The molecule has 0 saturated carbocycles. The predicted octanol–water partition coefficient (Wildman–Crippen LogP) is 5.10. The quantitative estimate of drug-likeness (QED) is 0.167. The Hall–Kier alpha value is -4.81. The molecule has 15 nitrogen and oxygen atoms in total. The molecule has 3 N–H and O–H groups in total. The molecule has 2 aromatic carbocycles. The molecule has 0 unspecified atom stereocenters. The van der Waals surface area contributed by atoms with Crippen molar-refractivity contribution in [1.82, 2.24) is 29.4 Å². The van der Waals surface area contributed by atoms with Crippen LogP contribution in [0.25, 0.3) is 0 Å². The normalized spacial score (nSPS) is 20.5. The Morgan fingerprint density at radius 1 is 0.857 bits per heavy atom. The number of halogens is 4. The Morgan fingerprint density at radius 3 is 2.27 bits per heavy atom. The van der Waals surface area contributed by atoms with Gasteiger partial charge in [-0.2, -0.15) is 13.2 Å². The van der Waals surface area contributed by atoms with Crippen molar-refractivity contribution in [3.8, 4) is 0 Å². The third-order valence-electron chi connectivity index (χ3n) is 13.0. The molecule has 0 aromatic heterocycles. The van der Waals surface area contributed by atoms with Crippen LogP contribution in [-0.4, -0.2) is 163 Å². The second kappa shape index (κ2) is 20.8. The Labute approximate surface area is 370 Å². The number of benzene rings is 2. The zero-order chi connectivity index (χ0) is 44.7. The Balaban J connectivity index is 0.909. The van der Waals surface area contributed by atoms with E-state index in [2.05, 4.69) is 15.1 Å². The number of amides is 5. The number of nitrogen functional groups attached to an aromatic ring is 1. The van der Waals surface area contributed by atoms with Crippen LogP contribution in [0.2, 0.25) is 5.02 Å². The minimum atomic E-state index is -4.80. The van der Waals surface area contributed by atoms with E-state index in [-0.39, 0.29) is 73.2 Å². The molecule has 7 rings (SSSR count). The Morgan fingerprint density at radius 2 is 1.56 bits per heavy atom. The Bertz CT molecular complexity index is 1970. The van der Waals surface area contributed by atoms with Crippen molar-refractivity contribution in [2.24, 2.45) is 0 Å². The maximum Gasteiger partial charge on any atom is 0.418 e. The van der Waals surface area contributed by atoms with Gasteiger partial charge in [0.1, 0.15) is 0 Å². The van der Waals surface area contributed by atoms with E-state index in [0.717, 1.165) is 49.8 Å². The van der Waals surface area contributed by atoms with E-state index < -0.39 is 35.5 Å². The van der Waals surface area contributed by atoms with Crippen molar-refractivity contribution < 1.29 is 46.6 Å². The summed E-state index contributed by atoms with van der Waals surface area (Å²) in [6.07, 6.45) is -1.28. The van der Waals surface area contributed by atoms with E-state index in [1.54, 1.807) is 9.80 Å². The number of ether oxygens (including phenoxy) is 2. The molecule has 5 aliphatic rings. The average Bonchev–Trinajstić information content (AvgIpc) is 3.44. The van der Waals surface area contributed by atoms with Gasteiger partial charge in [-0.05, 0) is 80.7 Å². The largest absolute Gasteiger partial charge is 0.465 e. The number of anilines is 2. The molecule has 19 heteroatoms. The molecule has 5 amide bonds. The standard InChI is InChI=1S/C44H58ClF3N8O7/c45-35-27-30(26-34(40(35)49)44(46,47)48)28-37(63-43(61)55-18-12-33(13-19-55)56-20-9-31-6-1-2-7-36(31)50-42(56)60)41(59)54-16-10-32(11-17-54)52-23-21-51(22-24-52)29-39(58)62-25-5-15-53-14-4-3-8-38(53)57/h1-2,6-7,26-27,32-33,37H,3-5,8-25,28-29,49H2,(H,50,60)/t37-/m1/s1. The van der Waals surface area contributed by atoms with E-state index in [1.165, 1.54) is 11.0 Å². The van der Waals surface area contributed by atoms with Crippen molar-refractivity contribution in [3.05, 3.63) is 58.1 Å². The number of nitrogens with two attached hydrogens (primary N) is 1. The summed E-state index contributed by atoms with van der Waals surface area (Å²) >= 11 is 6.16. The number of para-hydroxylation sites is 1. The van der Waals surface area contributed by atoms with Gasteiger partial charge in [0, 0.05) is 103 Å². The van der Waals surface area contributed by atoms with Crippen LogP contribution in [0.5, 0.6) is 0 Å². The summed E-state index contributed by atoms with van der Waals surface area (Å²) in [6.45, 7) is 6.39. The van der Waals surface area contributed by atoms with Crippen LogP contribution >= 0.6 is 11.6 Å². The number of nitrogens with zero attached hydrogens (tertiary/aromatic N) is 6. The zero-order valence-electron chi connectivity index (χ0n) is 35.6. The Kier molecular flexibility index (Phi) is 15.2. The molecule has 0 bridgehead atoms. The summed E-state index contributed by atoms with van der Waals surface area (Å²) in [4.78, 5) is 76.8. The number of likely N-dealkylation sites (tertiary alicyclic amines) is 3. The summed E-state index contributed by atoms with van der Waals surface area (Å²) in [5, 5.41) is 2.67. The molecular weight excluding hydrogens is 845 g/mol. The van der Waals surface area contributed by atoms with Gasteiger partial charge < -0.3 is 40.1 Å². The van der Waals surface area contributed by atoms with Crippen LogP contribution in [0.3, 0.4) is 0 Å². The lowest BCUT2D eigenvalue weighted by Crippen LogP contribution is -2.55. The van der Waals surface area contributed by atoms with Crippen LogP contribution in [0.15, 0.2) is 36.4 Å². The number of fused-ring (bicyclic) bond motifs is 1. The van der Waals surface area contributed by atoms with Crippen LogP contribution in [0, 0.1) is 0 Å². The summed E-state index contributed by atoms with van der Waals surface area (Å²) in [5.41, 5.74) is 5.80. The van der Waals surface area contributed by atoms with Gasteiger partial charge in [0.15, 0.2) is 6.10 Å². The number of piperazine rings is 1. The van der Waals surface area contributed by atoms with Gasteiger partial charge in [0.05, 0.1) is 29.4 Å². The zero-order valence-corrected chi connectivity index (χ0v) is 36.3. The number of piperidine rings is 3. The predicted molar refractivity (Wildman–Crippen MR) is 229 cm³/mol.